The van der Waals surface area contributed by atoms with Crippen molar-refractivity contribution in [1.29, 1.82) is 0 Å². The van der Waals surface area contributed by atoms with E-state index in [1.807, 2.05) is 24.3 Å². The molecule has 0 atom stereocenters. The van der Waals surface area contributed by atoms with E-state index in [1.165, 1.54) is 45.1 Å². The number of hydrogen-bond donors (Lipinski definition) is 0. The van der Waals surface area contributed by atoms with Crippen LogP contribution in [-0.4, -0.2) is 35.6 Å². The summed E-state index contributed by atoms with van der Waals surface area (Å²) in [4.78, 5) is 2.33. The van der Waals surface area contributed by atoms with Gasteiger partial charge in [0.25, 0.3) is 0 Å². The van der Waals surface area contributed by atoms with Gasteiger partial charge in [-0.2, -0.15) is 9.68 Å². The molecule has 0 N–H and O–H groups in total. The molecule has 0 spiro atoms. The summed E-state index contributed by atoms with van der Waals surface area (Å²) in [6, 6.07) is 17.5. The van der Waals surface area contributed by atoms with Crippen LogP contribution in [0.3, 0.4) is 0 Å². The highest BCUT2D eigenvalue weighted by Crippen LogP contribution is 2.47. The van der Waals surface area contributed by atoms with Gasteiger partial charge in [-0.1, -0.05) is 69.0 Å². The molecule has 0 fully saturated rings. The molecule has 0 radical (unpaired) electrons. The van der Waals surface area contributed by atoms with Gasteiger partial charge in [-0.05, 0) is 68.9 Å². The van der Waals surface area contributed by atoms with E-state index in [4.69, 9.17) is 0 Å². The highest BCUT2D eigenvalue weighted by atomic mass is 15.4. The summed E-state index contributed by atoms with van der Waals surface area (Å²) in [6.45, 7) is 15.3. The normalized spacial score (nSPS) is 21.7. The van der Waals surface area contributed by atoms with Crippen LogP contribution in [0.4, 0.5) is 11.4 Å². The molecule has 1 aliphatic carbocycles. The Morgan fingerprint density at radius 3 is 2.30 bits per heavy atom. The molecular weight excluding hydrogens is 488 g/mol. The molecule has 0 unspecified atom stereocenters. The van der Waals surface area contributed by atoms with Crippen molar-refractivity contribution < 1.29 is 4.58 Å². The van der Waals surface area contributed by atoms with E-state index in [1.54, 1.807) is 0 Å². The van der Waals surface area contributed by atoms with Crippen molar-refractivity contribution in [1.82, 2.24) is 5.01 Å². The Kier molecular flexibility index (Phi) is 7.31. The molecule has 40 heavy (non-hydrogen) atoms. The number of benzene rings is 2. The smallest absolute Gasteiger partial charge is 0.209 e. The maximum Gasteiger partial charge on any atom is 0.209 e. The van der Waals surface area contributed by atoms with E-state index in [2.05, 4.69) is 136 Å². The molecule has 0 aromatic heterocycles. The summed E-state index contributed by atoms with van der Waals surface area (Å²) in [7, 11) is 4.35. The number of fused-ring (bicyclic) bond motifs is 2. The Morgan fingerprint density at radius 1 is 0.925 bits per heavy atom. The lowest BCUT2D eigenvalue weighted by atomic mass is 9.81. The zero-order valence-electron chi connectivity index (χ0n) is 25.2. The predicted molar refractivity (Wildman–Crippen MR) is 171 cm³/mol. The van der Waals surface area contributed by atoms with E-state index in [0.717, 1.165) is 25.0 Å². The molecule has 206 valence electrons. The first-order valence-electron chi connectivity index (χ1n) is 14.4. The second-order valence-electron chi connectivity index (χ2n) is 12.0. The third-order valence-corrected chi connectivity index (χ3v) is 8.91. The fourth-order valence-electron chi connectivity index (χ4n) is 6.81. The third-order valence-electron chi connectivity index (χ3n) is 8.91. The highest BCUT2D eigenvalue weighted by Gasteiger charge is 2.42. The third kappa shape index (κ3) is 4.50. The minimum atomic E-state index is -0.0618. The summed E-state index contributed by atoms with van der Waals surface area (Å²) < 4.78 is 2.33. The van der Waals surface area contributed by atoms with Crippen LogP contribution in [0.5, 0.6) is 0 Å². The van der Waals surface area contributed by atoms with Crippen molar-refractivity contribution in [3.05, 3.63) is 119 Å². The van der Waals surface area contributed by atoms with Gasteiger partial charge in [-0.3, -0.25) is 0 Å². The fourth-order valence-corrected chi connectivity index (χ4v) is 6.81. The second-order valence-corrected chi connectivity index (χ2v) is 12.0. The van der Waals surface area contributed by atoms with Gasteiger partial charge < -0.3 is 4.90 Å². The maximum atomic E-state index is 4.69. The van der Waals surface area contributed by atoms with Crippen molar-refractivity contribution in [2.45, 2.75) is 64.7 Å². The average molecular weight is 532 g/mol. The zero-order chi connectivity index (χ0) is 28.7. The van der Waals surface area contributed by atoms with Gasteiger partial charge in [-0.15, -0.1) is 0 Å². The van der Waals surface area contributed by atoms with Gasteiger partial charge in [0.2, 0.25) is 5.69 Å². The van der Waals surface area contributed by atoms with Crippen LogP contribution in [0.25, 0.3) is 0 Å². The zero-order valence-corrected chi connectivity index (χ0v) is 25.2. The van der Waals surface area contributed by atoms with Crippen LogP contribution in [0.2, 0.25) is 0 Å². The Morgan fingerprint density at radius 2 is 1.62 bits per heavy atom. The van der Waals surface area contributed by atoms with E-state index in [9.17, 15) is 0 Å². The monoisotopic (exact) mass is 531 g/mol. The molecule has 0 bridgehead atoms. The molecule has 2 aromatic rings. The van der Waals surface area contributed by atoms with Crippen LogP contribution >= 0.6 is 0 Å². The number of para-hydroxylation sites is 2. The topological polar surface area (TPSA) is 21.9 Å². The lowest BCUT2D eigenvalue weighted by molar-refractivity contribution is -0.401. The van der Waals surface area contributed by atoms with Crippen LogP contribution in [0, 0.1) is 0 Å². The van der Waals surface area contributed by atoms with Gasteiger partial charge >= 0.3 is 0 Å². The Hall–Kier alpha value is -3.92. The van der Waals surface area contributed by atoms with E-state index in [0.29, 0.717) is 0 Å². The Labute approximate surface area is 240 Å². The molecule has 3 aliphatic rings. The van der Waals surface area contributed by atoms with E-state index in [-0.39, 0.29) is 10.8 Å². The molecule has 0 saturated carbocycles. The molecule has 2 aliphatic heterocycles. The van der Waals surface area contributed by atoms with Crippen molar-refractivity contribution in [2.75, 3.05) is 19.0 Å². The first-order valence-corrected chi connectivity index (χ1v) is 14.4. The van der Waals surface area contributed by atoms with Crippen LogP contribution in [-0.2, 0) is 10.8 Å². The van der Waals surface area contributed by atoms with Crippen molar-refractivity contribution in [2.24, 2.45) is 5.10 Å². The largest absolute Gasteiger partial charge is 0.347 e. The summed E-state index contributed by atoms with van der Waals surface area (Å²) in [5.41, 5.74) is 11.5. The lowest BCUT2D eigenvalue weighted by Crippen LogP contribution is -2.26. The molecule has 2 heterocycles. The van der Waals surface area contributed by atoms with Crippen LogP contribution in [0.1, 0.15) is 65.0 Å². The summed E-state index contributed by atoms with van der Waals surface area (Å²) in [5, 5.41) is 6.64. The average Bonchev–Trinajstić information content (AvgIpc) is 3.27. The minimum Gasteiger partial charge on any atom is -0.347 e. The van der Waals surface area contributed by atoms with Crippen LogP contribution in [0.15, 0.2) is 113 Å². The second kappa shape index (κ2) is 10.6. The number of anilines is 1. The predicted octanol–water partition coefficient (Wildman–Crippen LogP) is 8.38. The first kappa shape index (κ1) is 27.6. The highest BCUT2D eigenvalue weighted by molar-refractivity contribution is 6.03. The first-order chi connectivity index (χ1) is 19.1. The van der Waals surface area contributed by atoms with Gasteiger partial charge in [-0.25, -0.2) is 5.01 Å². The number of likely N-dealkylation sites (N-methyl/N-ethyl adjacent to an activating group) is 1. The molecular formula is C36H43N4+. The van der Waals surface area contributed by atoms with E-state index >= 15 is 0 Å². The number of rotatable bonds is 6. The van der Waals surface area contributed by atoms with Gasteiger partial charge in [0.05, 0.1) is 11.1 Å². The van der Waals surface area contributed by atoms with Crippen molar-refractivity contribution in [3.63, 3.8) is 0 Å². The summed E-state index contributed by atoms with van der Waals surface area (Å²) in [6.07, 6.45) is 16.0. The Bertz CT molecular complexity index is 1520. The number of nitrogens with zero attached hydrogens (tertiary/aromatic N) is 4. The fraction of sp³-hybridized carbons (Fsp3) is 0.333. The molecule has 4 nitrogen and oxygen atoms in total. The molecule has 4 heteroatoms. The number of allylic oxidation sites excluding steroid dienone is 7. The van der Waals surface area contributed by atoms with Gasteiger partial charge in [0.1, 0.15) is 7.05 Å². The van der Waals surface area contributed by atoms with E-state index < -0.39 is 0 Å². The van der Waals surface area contributed by atoms with Gasteiger partial charge in [0, 0.05) is 54.0 Å². The molecule has 2 aromatic carbocycles. The SMILES string of the molecule is C=CN(/N=C\C)C1=C(/C=C/C2=[N+](C)c3ccccc3C2(C)C)CCC/C1=C\C=C1\N(C)c2ccccc2C1(C)C. The number of hydrogen-bond acceptors (Lipinski definition) is 3. The van der Waals surface area contributed by atoms with Crippen LogP contribution < -0.4 is 4.90 Å². The molecule has 0 saturated heterocycles. The molecule has 0 amide bonds. The van der Waals surface area contributed by atoms with Crippen molar-refractivity contribution >= 4 is 23.3 Å². The number of hydrazone groups is 1. The summed E-state index contributed by atoms with van der Waals surface area (Å²) >= 11 is 0. The Balaban J connectivity index is 1.59. The summed E-state index contributed by atoms with van der Waals surface area (Å²) in [5.74, 6) is 0. The van der Waals surface area contributed by atoms with Crippen molar-refractivity contribution in [3.8, 4) is 0 Å². The minimum absolute atomic E-state index is 0.0618. The quantitative estimate of drug-likeness (QED) is 0.212. The standard InChI is InChI=1S/C36H43N4/c1-9-37-40(10-2)34-26(22-24-32-35(3,4)28-18-11-13-20-30(28)38(32)7)16-15-17-27(34)23-25-33-36(5,6)29-19-12-14-21-31(29)39(33)8/h9-14,18-25H,2,15-17H2,1,3-8H3/q+1/b37-9-. The van der Waals surface area contributed by atoms with Gasteiger partial charge in [0.15, 0.2) is 5.71 Å². The maximum absolute atomic E-state index is 4.69. The lowest BCUT2D eigenvalue weighted by Gasteiger charge is -2.28. The molecule has 5 rings (SSSR count).